The average molecular weight is 503 g/mol. The van der Waals surface area contributed by atoms with E-state index in [9.17, 15) is 15.0 Å². The van der Waals surface area contributed by atoms with Crippen molar-refractivity contribution in [3.63, 3.8) is 0 Å². The number of aromatic hydroxyl groups is 1. The van der Waals surface area contributed by atoms with E-state index >= 15 is 0 Å². The fourth-order valence-electron chi connectivity index (χ4n) is 6.16. The second-order valence-electron chi connectivity index (χ2n) is 10.5. The van der Waals surface area contributed by atoms with Crippen molar-refractivity contribution in [3.8, 4) is 5.75 Å². The first-order valence-electron chi connectivity index (χ1n) is 12.3. The molecule has 4 atom stereocenters. The molecule has 0 bridgehead atoms. The highest BCUT2D eigenvalue weighted by Crippen LogP contribution is 2.50. The van der Waals surface area contributed by atoms with Crippen LogP contribution in [0.25, 0.3) is 0 Å². The maximum absolute atomic E-state index is 12.9. The molecule has 0 aromatic heterocycles. The van der Waals surface area contributed by atoms with Gasteiger partial charge < -0.3 is 20.4 Å². The Kier molecular flexibility index (Phi) is 6.82. The maximum atomic E-state index is 12.9. The molecule has 5 rings (SSSR count). The van der Waals surface area contributed by atoms with Crippen molar-refractivity contribution in [2.24, 2.45) is 11.8 Å². The third-order valence-electron chi connectivity index (χ3n) is 7.99. The van der Waals surface area contributed by atoms with E-state index in [1.54, 1.807) is 18.2 Å². The van der Waals surface area contributed by atoms with Crippen LogP contribution in [0, 0.1) is 11.8 Å². The monoisotopic (exact) mass is 502 g/mol. The van der Waals surface area contributed by atoms with Crippen molar-refractivity contribution >= 4 is 29.1 Å². The van der Waals surface area contributed by atoms with Gasteiger partial charge in [-0.05, 0) is 80.0 Å². The van der Waals surface area contributed by atoms with E-state index in [2.05, 4.69) is 16.3 Å². The van der Waals surface area contributed by atoms with Crippen LogP contribution in [-0.2, 0) is 16.6 Å². The number of hydrogen-bond acceptors (Lipinski definition) is 4. The van der Waals surface area contributed by atoms with Crippen molar-refractivity contribution in [3.05, 3.63) is 63.6 Å². The Labute approximate surface area is 211 Å². The zero-order valence-corrected chi connectivity index (χ0v) is 20.7. The summed E-state index contributed by atoms with van der Waals surface area (Å²) < 4.78 is 0. The number of fused-ring (bicyclic) bond motifs is 1. The van der Waals surface area contributed by atoms with E-state index in [1.165, 1.54) is 12.8 Å². The summed E-state index contributed by atoms with van der Waals surface area (Å²) in [6, 6.07) is 12.6. The Morgan fingerprint density at radius 2 is 1.97 bits per heavy atom. The first-order valence-corrected chi connectivity index (χ1v) is 13.0. The number of likely N-dealkylation sites (tertiary alicyclic amines) is 1. The number of carbonyl (C=O) groups is 1. The van der Waals surface area contributed by atoms with Crippen molar-refractivity contribution < 1.29 is 15.0 Å². The molecule has 2 aliphatic carbocycles. The van der Waals surface area contributed by atoms with Gasteiger partial charge in [0.15, 0.2) is 0 Å². The number of amides is 1. The molecule has 2 aromatic rings. The maximum Gasteiger partial charge on any atom is 0.224 e. The van der Waals surface area contributed by atoms with E-state index in [4.69, 9.17) is 23.2 Å². The molecule has 1 amide bonds. The summed E-state index contributed by atoms with van der Waals surface area (Å²) in [5.41, 5.74) is 1.58. The van der Waals surface area contributed by atoms with Crippen LogP contribution in [0.1, 0.15) is 43.2 Å². The number of nitrogens with one attached hydrogen (secondary N) is 1. The van der Waals surface area contributed by atoms with Crippen LogP contribution < -0.4 is 5.32 Å². The normalized spacial score (nSPS) is 29.4. The SMILES string of the molecule is O=C(Cc1ccc(Cl)c(Cl)c1)N[C@@H]1CC(O)C2CN(CC3CC3)CCC2(c2cccc(O)c2)C1. The minimum Gasteiger partial charge on any atom is -0.508 e. The van der Waals surface area contributed by atoms with Gasteiger partial charge in [0.2, 0.25) is 5.91 Å². The van der Waals surface area contributed by atoms with Crippen molar-refractivity contribution in [2.45, 2.75) is 56.1 Å². The lowest BCUT2D eigenvalue weighted by Crippen LogP contribution is -2.61. The smallest absolute Gasteiger partial charge is 0.224 e. The van der Waals surface area contributed by atoms with Gasteiger partial charge in [0.05, 0.1) is 22.6 Å². The quantitative estimate of drug-likeness (QED) is 0.541. The number of halogens is 2. The van der Waals surface area contributed by atoms with Crippen LogP contribution in [-0.4, -0.2) is 52.8 Å². The third kappa shape index (κ3) is 5.08. The molecule has 3 unspecified atom stereocenters. The molecule has 1 aliphatic heterocycles. The number of rotatable bonds is 6. The average Bonchev–Trinajstić information content (AvgIpc) is 3.61. The minimum atomic E-state index is -0.520. The van der Waals surface area contributed by atoms with Gasteiger partial charge in [-0.1, -0.05) is 41.4 Å². The number of piperidine rings is 1. The number of nitrogens with zero attached hydrogens (tertiary/aromatic N) is 1. The predicted molar refractivity (Wildman–Crippen MR) is 134 cm³/mol. The van der Waals surface area contributed by atoms with Crippen molar-refractivity contribution in [2.75, 3.05) is 19.6 Å². The minimum absolute atomic E-state index is 0.0741. The second kappa shape index (κ2) is 9.69. The zero-order chi connectivity index (χ0) is 23.9. The second-order valence-corrected chi connectivity index (χ2v) is 11.3. The van der Waals surface area contributed by atoms with E-state index in [0.717, 1.165) is 49.5 Å². The molecule has 3 N–H and O–H groups in total. The van der Waals surface area contributed by atoms with Gasteiger partial charge in [0.1, 0.15) is 5.75 Å². The van der Waals surface area contributed by atoms with Gasteiger partial charge in [-0.3, -0.25) is 4.79 Å². The highest BCUT2D eigenvalue weighted by molar-refractivity contribution is 6.42. The predicted octanol–water partition coefficient (Wildman–Crippen LogP) is 4.55. The molecule has 0 radical (unpaired) electrons. The number of benzene rings is 2. The van der Waals surface area contributed by atoms with Crippen LogP contribution in [0.3, 0.4) is 0 Å². The molecule has 182 valence electrons. The van der Waals surface area contributed by atoms with Crippen LogP contribution in [0.2, 0.25) is 10.0 Å². The van der Waals surface area contributed by atoms with Crippen molar-refractivity contribution in [1.82, 2.24) is 10.2 Å². The number of aliphatic hydroxyl groups excluding tert-OH is 1. The molecule has 2 aromatic carbocycles. The molecular weight excluding hydrogens is 471 g/mol. The van der Waals surface area contributed by atoms with Crippen LogP contribution >= 0.6 is 23.2 Å². The van der Waals surface area contributed by atoms with Crippen LogP contribution in [0.5, 0.6) is 5.75 Å². The van der Waals surface area contributed by atoms with Gasteiger partial charge in [0, 0.05) is 30.5 Å². The van der Waals surface area contributed by atoms with Gasteiger partial charge in [-0.2, -0.15) is 0 Å². The lowest BCUT2D eigenvalue weighted by Gasteiger charge is -2.55. The summed E-state index contributed by atoms with van der Waals surface area (Å²) in [5.74, 6) is 1.03. The Hall–Kier alpha value is -1.79. The molecule has 3 aliphatic rings. The van der Waals surface area contributed by atoms with Gasteiger partial charge in [-0.15, -0.1) is 0 Å². The van der Waals surface area contributed by atoms with Crippen LogP contribution in [0.4, 0.5) is 0 Å². The number of hydrogen-bond donors (Lipinski definition) is 3. The Bertz CT molecular complexity index is 1060. The summed E-state index contributed by atoms with van der Waals surface area (Å²) in [7, 11) is 0. The Balaban J connectivity index is 1.35. The van der Waals surface area contributed by atoms with Gasteiger partial charge in [-0.25, -0.2) is 0 Å². The molecule has 7 heteroatoms. The molecule has 0 spiro atoms. The molecular formula is C27H32Cl2N2O3. The molecule has 1 heterocycles. The van der Waals surface area contributed by atoms with Crippen LogP contribution in [0.15, 0.2) is 42.5 Å². The summed E-state index contributed by atoms with van der Waals surface area (Å²) in [4.78, 5) is 15.4. The topological polar surface area (TPSA) is 72.8 Å². The zero-order valence-electron chi connectivity index (χ0n) is 19.2. The lowest BCUT2D eigenvalue weighted by molar-refractivity contribution is -0.122. The molecule has 2 saturated carbocycles. The third-order valence-corrected chi connectivity index (χ3v) is 8.73. The van der Waals surface area contributed by atoms with E-state index in [1.807, 2.05) is 18.2 Å². The number of aliphatic hydroxyl groups is 1. The fraction of sp³-hybridized carbons (Fsp3) is 0.519. The largest absolute Gasteiger partial charge is 0.508 e. The number of phenols is 1. The fourth-order valence-corrected chi connectivity index (χ4v) is 6.48. The van der Waals surface area contributed by atoms with E-state index < -0.39 is 6.10 Å². The first kappa shape index (κ1) is 23.9. The van der Waals surface area contributed by atoms with E-state index in [-0.39, 0.29) is 35.5 Å². The Morgan fingerprint density at radius 3 is 2.71 bits per heavy atom. The van der Waals surface area contributed by atoms with Gasteiger partial charge in [0.25, 0.3) is 0 Å². The Morgan fingerprint density at radius 1 is 1.15 bits per heavy atom. The molecule has 3 fully saturated rings. The number of phenolic OH excluding ortho intramolecular Hbond substituents is 1. The first-order chi connectivity index (χ1) is 16.3. The highest BCUT2D eigenvalue weighted by Gasteiger charge is 2.52. The molecule has 5 nitrogen and oxygen atoms in total. The summed E-state index contributed by atoms with van der Waals surface area (Å²) in [6.45, 7) is 2.94. The summed E-state index contributed by atoms with van der Waals surface area (Å²) in [5, 5.41) is 25.6. The van der Waals surface area contributed by atoms with E-state index in [0.29, 0.717) is 16.5 Å². The van der Waals surface area contributed by atoms with Crippen molar-refractivity contribution in [1.29, 1.82) is 0 Å². The summed E-state index contributed by atoms with van der Waals surface area (Å²) >= 11 is 12.1. The molecule has 34 heavy (non-hydrogen) atoms. The molecule has 1 saturated heterocycles. The highest BCUT2D eigenvalue weighted by atomic mass is 35.5. The number of carbonyl (C=O) groups excluding carboxylic acids is 1. The van der Waals surface area contributed by atoms with Gasteiger partial charge >= 0.3 is 0 Å². The standard InChI is InChI=1S/C27H32Cl2N2O3/c28-23-7-6-18(10-24(23)29)11-26(34)30-20-13-25(33)22-16-31(15-17-4-5-17)9-8-27(22,14-20)19-2-1-3-21(32)12-19/h1-3,6-7,10,12,17,20,22,25,32-33H,4-5,8-9,11,13-16H2,(H,30,34)/t20-,22?,25?,27?/m1/s1. The summed E-state index contributed by atoms with van der Waals surface area (Å²) in [6.07, 6.45) is 4.51. The lowest BCUT2D eigenvalue weighted by atomic mass is 9.57.